The van der Waals surface area contributed by atoms with Gasteiger partial charge in [0.15, 0.2) is 0 Å². The zero-order chi connectivity index (χ0) is 13.7. The van der Waals surface area contributed by atoms with Crippen LogP contribution in [-0.4, -0.2) is 21.5 Å². The first-order chi connectivity index (χ1) is 9.19. The van der Waals surface area contributed by atoms with Crippen molar-refractivity contribution in [3.8, 4) is 5.75 Å². The molecule has 0 saturated carbocycles. The van der Waals surface area contributed by atoms with Gasteiger partial charge in [0.25, 0.3) is 0 Å². The van der Waals surface area contributed by atoms with E-state index in [1.54, 1.807) is 4.68 Å². The molecule has 2 aromatic rings. The van der Waals surface area contributed by atoms with Crippen molar-refractivity contribution in [1.82, 2.24) is 20.3 Å². The highest BCUT2D eigenvalue weighted by atomic mass is 35.5. The van der Waals surface area contributed by atoms with Gasteiger partial charge in [0.1, 0.15) is 18.1 Å². The third kappa shape index (κ3) is 3.94. The first kappa shape index (κ1) is 13.8. The van der Waals surface area contributed by atoms with E-state index in [0.717, 1.165) is 24.3 Å². The fourth-order valence-corrected chi connectivity index (χ4v) is 1.91. The van der Waals surface area contributed by atoms with E-state index in [1.165, 1.54) is 0 Å². The molecule has 0 atom stereocenters. The molecule has 1 aromatic heterocycles. The molecule has 1 aromatic carbocycles. The Hall–Kier alpha value is -1.59. The lowest BCUT2D eigenvalue weighted by atomic mass is 10.2. The number of hydrogen-bond acceptors (Lipinski definition) is 4. The molecule has 102 valence electrons. The van der Waals surface area contributed by atoms with Gasteiger partial charge in [0.05, 0.1) is 11.2 Å². The molecule has 1 N–H and O–H groups in total. The maximum atomic E-state index is 6.19. The van der Waals surface area contributed by atoms with Gasteiger partial charge in [-0.2, -0.15) is 0 Å². The molecular formula is C13H17ClN4O. The fourth-order valence-electron chi connectivity index (χ4n) is 1.65. The van der Waals surface area contributed by atoms with Crippen LogP contribution in [0.1, 0.15) is 18.2 Å². The fraction of sp³-hybridized carbons (Fsp3) is 0.385. The molecule has 0 radical (unpaired) electrons. The number of ether oxygens (including phenoxy) is 1. The molecule has 2 rings (SSSR count). The molecule has 1 heterocycles. The Morgan fingerprint density at radius 3 is 2.89 bits per heavy atom. The number of hydrogen-bond donors (Lipinski definition) is 1. The van der Waals surface area contributed by atoms with Gasteiger partial charge in [-0.1, -0.05) is 29.8 Å². The summed E-state index contributed by atoms with van der Waals surface area (Å²) < 4.78 is 7.27. The molecule has 0 aliphatic heterocycles. The average molecular weight is 281 g/mol. The summed E-state index contributed by atoms with van der Waals surface area (Å²) >= 11 is 6.19. The summed E-state index contributed by atoms with van der Waals surface area (Å²) in [6.07, 6.45) is 1.81. The van der Waals surface area contributed by atoms with E-state index >= 15 is 0 Å². The second-order valence-electron chi connectivity index (χ2n) is 4.22. The number of aromatic nitrogens is 3. The Morgan fingerprint density at radius 1 is 1.42 bits per heavy atom. The van der Waals surface area contributed by atoms with Crippen LogP contribution in [0.2, 0.25) is 5.02 Å². The largest absolute Gasteiger partial charge is 0.486 e. The minimum Gasteiger partial charge on any atom is -0.486 e. The van der Waals surface area contributed by atoms with Crippen molar-refractivity contribution >= 4 is 11.6 Å². The molecule has 0 amide bonds. The monoisotopic (exact) mass is 280 g/mol. The summed E-state index contributed by atoms with van der Waals surface area (Å²) in [5, 5.41) is 11.7. The molecule has 0 unspecified atom stereocenters. The molecular weight excluding hydrogens is 264 g/mol. The Kier molecular flexibility index (Phi) is 4.76. The zero-order valence-corrected chi connectivity index (χ0v) is 11.8. The van der Waals surface area contributed by atoms with E-state index in [9.17, 15) is 0 Å². The lowest BCUT2D eigenvalue weighted by molar-refractivity contribution is 0.301. The van der Waals surface area contributed by atoms with Crippen LogP contribution in [0.15, 0.2) is 24.4 Å². The molecule has 0 aliphatic carbocycles. The van der Waals surface area contributed by atoms with Gasteiger partial charge in [-0.05, 0) is 24.2 Å². The van der Waals surface area contributed by atoms with Crippen LogP contribution in [0.5, 0.6) is 5.75 Å². The lowest BCUT2D eigenvalue weighted by Crippen LogP contribution is -2.11. The van der Waals surface area contributed by atoms with Crippen LogP contribution >= 0.6 is 11.6 Å². The van der Waals surface area contributed by atoms with E-state index in [4.69, 9.17) is 16.3 Å². The van der Waals surface area contributed by atoms with Gasteiger partial charge in [-0.15, -0.1) is 5.10 Å². The van der Waals surface area contributed by atoms with Crippen LogP contribution < -0.4 is 10.1 Å². The molecule has 5 nitrogen and oxygen atoms in total. The Balaban J connectivity index is 1.96. The topological polar surface area (TPSA) is 52.0 Å². The van der Waals surface area contributed by atoms with Crippen LogP contribution in [0.3, 0.4) is 0 Å². The van der Waals surface area contributed by atoms with Gasteiger partial charge in [0.2, 0.25) is 0 Å². The summed E-state index contributed by atoms with van der Waals surface area (Å²) in [4.78, 5) is 0. The maximum absolute atomic E-state index is 6.19. The van der Waals surface area contributed by atoms with Crippen LogP contribution in [0.4, 0.5) is 0 Å². The van der Waals surface area contributed by atoms with E-state index in [0.29, 0.717) is 17.4 Å². The number of halogens is 1. The Labute approximate surface area is 117 Å². The van der Waals surface area contributed by atoms with Crippen LogP contribution in [0, 0.1) is 0 Å². The molecule has 6 heteroatoms. The van der Waals surface area contributed by atoms with Gasteiger partial charge in [0, 0.05) is 13.6 Å². The van der Waals surface area contributed by atoms with E-state index in [-0.39, 0.29) is 0 Å². The molecule has 0 fully saturated rings. The van der Waals surface area contributed by atoms with Crippen molar-refractivity contribution in [2.75, 3.05) is 6.54 Å². The van der Waals surface area contributed by atoms with Gasteiger partial charge < -0.3 is 10.1 Å². The molecule has 0 aliphatic rings. The van der Waals surface area contributed by atoms with Crippen molar-refractivity contribution in [2.24, 2.45) is 7.05 Å². The first-order valence-corrected chi connectivity index (χ1v) is 6.54. The average Bonchev–Trinajstić information content (AvgIpc) is 2.81. The lowest BCUT2D eigenvalue weighted by Gasteiger charge is -2.08. The predicted molar refractivity (Wildman–Crippen MR) is 74.2 cm³/mol. The van der Waals surface area contributed by atoms with Crippen molar-refractivity contribution in [3.05, 3.63) is 40.7 Å². The summed E-state index contributed by atoms with van der Waals surface area (Å²) in [6.45, 7) is 4.17. The maximum Gasteiger partial charge on any atom is 0.138 e. The van der Waals surface area contributed by atoms with E-state index < -0.39 is 0 Å². The second kappa shape index (κ2) is 6.54. The van der Waals surface area contributed by atoms with Crippen LogP contribution in [-0.2, 0) is 20.2 Å². The van der Waals surface area contributed by atoms with Crippen molar-refractivity contribution in [3.63, 3.8) is 0 Å². The van der Waals surface area contributed by atoms with Crippen molar-refractivity contribution in [2.45, 2.75) is 20.1 Å². The van der Waals surface area contributed by atoms with Crippen molar-refractivity contribution < 1.29 is 4.74 Å². The second-order valence-corrected chi connectivity index (χ2v) is 4.62. The Bertz CT molecular complexity index is 541. The highest BCUT2D eigenvalue weighted by Crippen LogP contribution is 2.26. The standard InChI is InChI=1S/C13H17ClN4O/c1-3-15-7-10-4-5-13(12(14)6-10)19-9-11-8-18(2)17-16-11/h4-6,8,15H,3,7,9H2,1-2H3. The zero-order valence-electron chi connectivity index (χ0n) is 11.1. The van der Waals surface area contributed by atoms with Crippen LogP contribution in [0.25, 0.3) is 0 Å². The minimum absolute atomic E-state index is 0.361. The third-order valence-corrected chi connectivity index (χ3v) is 2.90. The highest BCUT2D eigenvalue weighted by Gasteiger charge is 2.05. The van der Waals surface area contributed by atoms with E-state index in [1.807, 2.05) is 31.4 Å². The molecule has 0 saturated heterocycles. The van der Waals surface area contributed by atoms with Gasteiger partial charge in [-0.3, -0.25) is 4.68 Å². The Morgan fingerprint density at radius 2 is 2.26 bits per heavy atom. The number of nitrogens with zero attached hydrogens (tertiary/aromatic N) is 3. The summed E-state index contributed by atoms with van der Waals surface area (Å²) in [5.41, 5.74) is 1.91. The van der Waals surface area contributed by atoms with E-state index in [2.05, 4.69) is 22.6 Å². The number of rotatable bonds is 6. The summed E-state index contributed by atoms with van der Waals surface area (Å²) in [6, 6.07) is 5.79. The normalized spacial score (nSPS) is 10.7. The SMILES string of the molecule is CCNCc1ccc(OCc2cn(C)nn2)c(Cl)c1. The number of benzene rings is 1. The quantitative estimate of drug-likeness (QED) is 0.881. The minimum atomic E-state index is 0.361. The van der Waals surface area contributed by atoms with Crippen molar-refractivity contribution in [1.29, 1.82) is 0 Å². The summed E-state index contributed by atoms with van der Waals surface area (Å²) in [7, 11) is 1.82. The summed E-state index contributed by atoms with van der Waals surface area (Å²) in [5.74, 6) is 0.660. The molecule has 19 heavy (non-hydrogen) atoms. The number of nitrogens with one attached hydrogen (secondary N) is 1. The third-order valence-electron chi connectivity index (χ3n) is 2.60. The smallest absolute Gasteiger partial charge is 0.138 e. The van der Waals surface area contributed by atoms with Gasteiger partial charge >= 0.3 is 0 Å². The molecule has 0 bridgehead atoms. The van der Waals surface area contributed by atoms with Gasteiger partial charge in [-0.25, -0.2) is 0 Å². The molecule has 0 spiro atoms. The number of aryl methyl sites for hydroxylation is 1. The highest BCUT2D eigenvalue weighted by molar-refractivity contribution is 6.32. The predicted octanol–water partition coefficient (Wildman–Crippen LogP) is 2.16. The first-order valence-electron chi connectivity index (χ1n) is 6.16.